The summed E-state index contributed by atoms with van der Waals surface area (Å²) < 4.78 is 28.1. The SMILES string of the molecule is O=Cc1[nH]c2ccc(Cl)cc2c1S(=O)(=O)N1CCC(O)(CCCc2ccccc2)CC1. The van der Waals surface area contributed by atoms with Gasteiger partial charge in [-0.1, -0.05) is 41.9 Å². The van der Waals surface area contributed by atoms with E-state index in [2.05, 4.69) is 17.1 Å². The van der Waals surface area contributed by atoms with E-state index in [0.29, 0.717) is 41.5 Å². The number of rotatable bonds is 7. The fraction of sp³-hybridized carbons (Fsp3) is 0.348. The van der Waals surface area contributed by atoms with Crippen molar-refractivity contribution < 1.29 is 18.3 Å². The number of hydrogen-bond donors (Lipinski definition) is 2. The van der Waals surface area contributed by atoms with E-state index in [-0.39, 0.29) is 23.7 Å². The van der Waals surface area contributed by atoms with E-state index in [0.717, 1.165) is 12.8 Å². The van der Waals surface area contributed by atoms with Gasteiger partial charge in [0.05, 0.1) is 11.3 Å². The molecular formula is C23H25ClN2O4S. The van der Waals surface area contributed by atoms with Crippen molar-refractivity contribution in [1.82, 2.24) is 9.29 Å². The molecule has 6 nitrogen and oxygen atoms in total. The number of carbonyl (C=O) groups is 1. The van der Waals surface area contributed by atoms with Gasteiger partial charge in [0.15, 0.2) is 6.29 Å². The Balaban J connectivity index is 1.47. The number of hydrogen-bond acceptors (Lipinski definition) is 4. The van der Waals surface area contributed by atoms with Gasteiger partial charge in [-0.15, -0.1) is 0 Å². The van der Waals surface area contributed by atoms with Gasteiger partial charge in [-0.25, -0.2) is 8.42 Å². The quantitative estimate of drug-likeness (QED) is 0.517. The summed E-state index contributed by atoms with van der Waals surface area (Å²) in [5.74, 6) is 0. The number of aromatic amines is 1. The van der Waals surface area contributed by atoms with E-state index in [1.54, 1.807) is 18.2 Å². The van der Waals surface area contributed by atoms with E-state index in [4.69, 9.17) is 11.6 Å². The van der Waals surface area contributed by atoms with E-state index in [1.807, 2.05) is 18.2 Å². The monoisotopic (exact) mass is 460 g/mol. The molecule has 8 heteroatoms. The van der Waals surface area contributed by atoms with Gasteiger partial charge in [-0.3, -0.25) is 4.79 Å². The van der Waals surface area contributed by atoms with Crippen LogP contribution < -0.4 is 0 Å². The fourth-order valence-corrected chi connectivity index (χ4v) is 6.23. The molecule has 31 heavy (non-hydrogen) atoms. The molecule has 2 aromatic carbocycles. The number of nitrogens with zero attached hydrogens (tertiary/aromatic N) is 1. The molecule has 1 aliphatic rings. The maximum atomic E-state index is 13.4. The summed E-state index contributed by atoms with van der Waals surface area (Å²) >= 11 is 6.07. The summed E-state index contributed by atoms with van der Waals surface area (Å²) in [6, 6.07) is 15.0. The molecule has 3 aromatic rings. The Kier molecular flexibility index (Phi) is 6.21. The summed E-state index contributed by atoms with van der Waals surface area (Å²) in [6.07, 6.45) is 3.58. The van der Waals surface area contributed by atoms with Gasteiger partial charge in [-0.2, -0.15) is 4.31 Å². The van der Waals surface area contributed by atoms with Crippen LogP contribution in [-0.2, 0) is 16.4 Å². The minimum atomic E-state index is -3.92. The normalized spacial score (nSPS) is 17.1. The van der Waals surface area contributed by atoms with Crippen LogP contribution in [0, 0.1) is 0 Å². The standard InChI is InChI=1S/C23H25ClN2O4S/c24-18-8-9-20-19(15-18)22(21(16-27)25-20)31(29,30)26-13-11-23(28,12-14-26)10-4-7-17-5-2-1-3-6-17/h1-3,5-6,8-9,15-16,25,28H,4,7,10-14H2. The van der Waals surface area contributed by atoms with Crippen LogP contribution in [0.3, 0.4) is 0 Å². The third-order valence-electron chi connectivity index (χ3n) is 6.06. The first-order valence-electron chi connectivity index (χ1n) is 10.4. The number of H-pyrrole nitrogens is 1. The van der Waals surface area contributed by atoms with Crippen molar-refractivity contribution in [2.75, 3.05) is 13.1 Å². The Labute approximate surface area is 186 Å². The number of benzene rings is 2. The lowest BCUT2D eigenvalue weighted by Crippen LogP contribution is -2.46. The predicted octanol–water partition coefficient (Wildman–Crippen LogP) is 4.17. The highest BCUT2D eigenvalue weighted by atomic mass is 35.5. The molecule has 2 N–H and O–H groups in total. The number of carbonyl (C=O) groups excluding carboxylic acids is 1. The maximum absolute atomic E-state index is 13.4. The molecular weight excluding hydrogens is 436 g/mol. The van der Waals surface area contributed by atoms with Gasteiger partial charge in [0.1, 0.15) is 4.90 Å². The number of fused-ring (bicyclic) bond motifs is 1. The number of halogens is 1. The smallest absolute Gasteiger partial charge is 0.245 e. The summed E-state index contributed by atoms with van der Waals surface area (Å²) in [7, 11) is -3.92. The van der Waals surface area contributed by atoms with Gasteiger partial charge < -0.3 is 10.1 Å². The first-order chi connectivity index (χ1) is 14.8. The van der Waals surface area contributed by atoms with E-state index in [1.165, 1.54) is 9.87 Å². The first-order valence-corrected chi connectivity index (χ1v) is 12.2. The molecule has 1 fully saturated rings. The molecule has 0 amide bonds. The lowest BCUT2D eigenvalue weighted by Gasteiger charge is -2.37. The van der Waals surface area contributed by atoms with Crippen molar-refractivity contribution in [3.05, 3.63) is 64.8 Å². The second kappa shape index (κ2) is 8.74. The van der Waals surface area contributed by atoms with Crippen LogP contribution in [0.4, 0.5) is 0 Å². The molecule has 0 spiro atoms. The molecule has 1 saturated heterocycles. The van der Waals surface area contributed by atoms with Crippen LogP contribution in [0.1, 0.15) is 41.7 Å². The van der Waals surface area contributed by atoms with Crippen molar-refractivity contribution in [3.63, 3.8) is 0 Å². The van der Waals surface area contributed by atoms with E-state index in [9.17, 15) is 18.3 Å². The lowest BCUT2D eigenvalue weighted by atomic mass is 9.87. The average Bonchev–Trinajstić information content (AvgIpc) is 3.13. The zero-order chi connectivity index (χ0) is 22.1. The molecule has 0 unspecified atom stereocenters. The Morgan fingerprint density at radius 3 is 2.52 bits per heavy atom. The summed E-state index contributed by atoms with van der Waals surface area (Å²) in [6.45, 7) is 0.408. The Morgan fingerprint density at radius 1 is 1.13 bits per heavy atom. The molecule has 0 aliphatic carbocycles. The predicted molar refractivity (Wildman–Crippen MR) is 121 cm³/mol. The van der Waals surface area contributed by atoms with Crippen molar-refractivity contribution in [1.29, 1.82) is 0 Å². The Hall–Kier alpha value is -2.19. The van der Waals surface area contributed by atoms with E-state index < -0.39 is 15.6 Å². The molecule has 1 aliphatic heterocycles. The third-order valence-corrected chi connectivity index (χ3v) is 8.30. The van der Waals surface area contributed by atoms with Crippen molar-refractivity contribution in [2.45, 2.75) is 42.6 Å². The fourth-order valence-electron chi connectivity index (χ4n) is 4.31. The molecule has 4 rings (SSSR count). The summed E-state index contributed by atoms with van der Waals surface area (Å²) in [5.41, 5.74) is 0.906. The number of aromatic nitrogens is 1. The number of piperidine rings is 1. The van der Waals surface area contributed by atoms with Crippen molar-refractivity contribution >= 4 is 38.8 Å². The number of aldehydes is 1. The number of aliphatic hydroxyl groups is 1. The molecule has 0 radical (unpaired) electrons. The molecule has 1 aromatic heterocycles. The van der Waals surface area contributed by atoms with Crippen LogP contribution in [0.15, 0.2) is 53.4 Å². The second-order valence-corrected chi connectivity index (χ2v) is 10.5. The molecule has 0 atom stereocenters. The number of nitrogens with one attached hydrogen (secondary N) is 1. The van der Waals surface area contributed by atoms with Crippen LogP contribution in [-0.4, -0.2) is 47.8 Å². The summed E-state index contributed by atoms with van der Waals surface area (Å²) in [5, 5.41) is 11.8. The Morgan fingerprint density at radius 2 is 1.84 bits per heavy atom. The third kappa shape index (κ3) is 4.55. The van der Waals surface area contributed by atoms with Gasteiger partial charge in [0, 0.05) is 29.0 Å². The van der Waals surface area contributed by atoms with Crippen LogP contribution in [0.2, 0.25) is 5.02 Å². The maximum Gasteiger partial charge on any atom is 0.245 e. The van der Waals surface area contributed by atoms with Gasteiger partial charge in [0.2, 0.25) is 10.0 Å². The Bertz CT molecular complexity index is 1180. The minimum Gasteiger partial charge on any atom is -0.390 e. The number of sulfonamides is 1. The molecule has 2 heterocycles. The van der Waals surface area contributed by atoms with Crippen LogP contribution >= 0.6 is 11.6 Å². The largest absolute Gasteiger partial charge is 0.390 e. The molecule has 0 saturated carbocycles. The zero-order valence-electron chi connectivity index (χ0n) is 17.1. The van der Waals surface area contributed by atoms with Crippen LogP contribution in [0.5, 0.6) is 0 Å². The minimum absolute atomic E-state index is 0.0148. The van der Waals surface area contributed by atoms with Gasteiger partial charge in [0.25, 0.3) is 0 Å². The summed E-state index contributed by atoms with van der Waals surface area (Å²) in [4.78, 5) is 14.4. The van der Waals surface area contributed by atoms with Gasteiger partial charge >= 0.3 is 0 Å². The topological polar surface area (TPSA) is 90.5 Å². The van der Waals surface area contributed by atoms with Gasteiger partial charge in [-0.05, 0) is 55.9 Å². The molecule has 164 valence electrons. The number of aryl methyl sites for hydroxylation is 1. The average molecular weight is 461 g/mol. The zero-order valence-corrected chi connectivity index (χ0v) is 18.6. The van der Waals surface area contributed by atoms with Crippen molar-refractivity contribution in [3.8, 4) is 0 Å². The highest BCUT2D eigenvalue weighted by Gasteiger charge is 2.38. The molecule has 0 bridgehead atoms. The highest BCUT2D eigenvalue weighted by Crippen LogP contribution is 2.34. The lowest BCUT2D eigenvalue weighted by molar-refractivity contribution is -0.0136. The second-order valence-electron chi connectivity index (χ2n) is 8.14. The first kappa shape index (κ1) is 22.0. The van der Waals surface area contributed by atoms with Crippen LogP contribution in [0.25, 0.3) is 10.9 Å². The van der Waals surface area contributed by atoms with E-state index >= 15 is 0 Å². The van der Waals surface area contributed by atoms with Crippen molar-refractivity contribution in [2.24, 2.45) is 0 Å². The highest BCUT2D eigenvalue weighted by molar-refractivity contribution is 7.89.